The number of ether oxygens (including phenoxy) is 1. The fourth-order valence-corrected chi connectivity index (χ4v) is 5.06. The van der Waals surface area contributed by atoms with Crippen LogP contribution in [0, 0.1) is 0 Å². The van der Waals surface area contributed by atoms with Crippen molar-refractivity contribution < 1.29 is 17.9 Å². The minimum Gasteiger partial charge on any atom is -0.465 e. The molecular weight excluding hydrogens is 378 g/mol. The van der Waals surface area contributed by atoms with Crippen LogP contribution in [-0.2, 0) is 14.8 Å². The van der Waals surface area contributed by atoms with Gasteiger partial charge in [0, 0.05) is 4.88 Å². The lowest BCUT2D eigenvalue weighted by Crippen LogP contribution is -2.28. The summed E-state index contributed by atoms with van der Waals surface area (Å²) in [5, 5.41) is 5.75. The van der Waals surface area contributed by atoms with E-state index in [1.165, 1.54) is 54.0 Å². The fraction of sp³-hybridized carbons (Fsp3) is 0.118. The molecule has 25 heavy (non-hydrogen) atoms. The second-order valence-electron chi connectivity index (χ2n) is 5.14. The van der Waals surface area contributed by atoms with E-state index in [2.05, 4.69) is 9.46 Å². The molecule has 0 aliphatic heterocycles. The summed E-state index contributed by atoms with van der Waals surface area (Å²) in [6, 6.07) is 10.9. The van der Waals surface area contributed by atoms with Gasteiger partial charge >= 0.3 is 5.97 Å². The Labute approximate surface area is 154 Å². The highest BCUT2D eigenvalue weighted by atomic mass is 32.2. The minimum absolute atomic E-state index is 0.0944. The van der Waals surface area contributed by atoms with Gasteiger partial charge < -0.3 is 4.74 Å². The number of sulfonamides is 1. The van der Waals surface area contributed by atoms with E-state index < -0.39 is 22.0 Å². The Hall–Kier alpha value is -2.00. The largest absolute Gasteiger partial charge is 0.465 e. The first kappa shape index (κ1) is 17.8. The van der Waals surface area contributed by atoms with Gasteiger partial charge in [-0.3, -0.25) is 0 Å². The second kappa shape index (κ2) is 7.49. The maximum absolute atomic E-state index is 12.8. The molecule has 0 aliphatic carbocycles. The molecule has 2 heterocycles. The molecule has 0 fully saturated rings. The van der Waals surface area contributed by atoms with Gasteiger partial charge in [-0.05, 0) is 58.1 Å². The second-order valence-corrected chi connectivity index (χ2v) is 8.62. The maximum Gasteiger partial charge on any atom is 0.337 e. The van der Waals surface area contributed by atoms with Gasteiger partial charge in [0.1, 0.15) is 0 Å². The van der Waals surface area contributed by atoms with Crippen LogP contribution in [0.2, 0.25) is 0 Å². The van der Waals surface area contributed by atoms with Crippen molar-refractivity contribution in [1.82, 2.24) is 4.72 Å². The van der Waals surface area contributed by atoms with E-state index in [0.717, 1.165) is 10.4 Å². The lowest BCUT2D eigenvalue weighted by atomic mass is 10.1. The third-order valence-corrected chi connectivity index (χ3v) is 6.64. The van der Waals surface area contributed by atoms with Crippen molar-refractivity contribution in [3.63, 3.8) is 0 Å². The zero-order valence-corrected chi connectivity index (χ0v) is 15.7. The molecule has 2 aromatic heterocycles. The van der Waals surface area contributed by atoms with Crippen LogP contribution < -0.4 is 4.72 Å². The highest BCUT2D eigenvalue weighted by Crippen LogP contribution is 2.29. The van der Waals surface area contributed by atoms with E-state index in [1.54, 1.807) is 0 Å². The molecular formula is C17H15NO4S3. The summed E-state index contributed by atoms with van der Waals surface area (Å²) in [4.78, 5) is 12.5. The summed E-state index contributed by atoms with van der Waals surface area (Å²) in [6.45, 7) is 0. The molecule has 8 heteroatoms. The third-order valence-electron chi connectivity index (χ3n) is 3.56. The molecule has 3 rings (SSSR count). The Balaban J connectivity index is 1.90. The van der Waals surface area contributed by atoms with Crippen LogP contribution >= 0.6 is 22.7 Å². The topological polar surface area (TPSA) is 72.5 Å². The molecule has 0 unspecified atom stereocenters. The Morgan fingerprint density at radius 1 is 1.12 bits per heavy atom. The van der Waals surface area contributed by atoms with Crippen LogP contribution in [0.1, 0.15) is 26.8 Å². The molecule has 0 radical (unpaired) electrons. The van der Waals surface area contributed by atoms with Crippen LogP contribution in [0.5, 0.6) is 0 Å². The van der Waals surface area contributed by atoms with Gasteiger partial charge in [0.25, 0.3) is 0 Å². The molecule has 1 aromatic carbocycles. The molecule has 0 bridgehead atoms. The summed E-state index contributed by atoms with van der Waals surface area (Å²) in [6.07, 6.45) is 0. The Morgan fingerprint density at radius 2 is 1.88 bits per heavy atom. The predicted molar refractivity (Wildman–Crippen MR) is 98.6 cm³/mol. The summed E-state index contributed by atoms with van der Waals surface area (Å²) in [5.74, 6) is -0.508. The van der Waals surface area contributed by atoms with Gasteiger partial charge in [0.15, 0.2) is 0 Å². The van der Waals surface area contributed by atoms with Crippen LogP contribution in [-0.4, -0.2) is 21.5 Å². The first-order valence-corrected chi connectivity index (χ1v) is 10.6. The van der Waals surface area contributed by atoms with E-state index in [4.69, 9.17) is 0 Å². The molecule has 0 saturated carbocycles. The lowest BCUT2D eigenvalue weighted by Gasteiger charge is -2.17. The minimum atomic E-state index is -3.75. The Morgan fingerprint density at radius 3 is 2.44 bits per heavy atom. The summed E-state index contributed by atoms with van der Waals surface area (Å²) in [5.41, 5.74) is 1.19. The van der Waals surface area contributed by atoms with E-state index in [-0.39, 0.29) is 4.90 Å². The van der Waals surface area contributed by atoms with Crippen molar-refractivity contribution in [2.24, 2.45) is 0 Å². The normalized spacial score (nSPS) is 12.7. The average Bonchev–Trinajstić information content (AvgIpc) is 3.33. The van der Waals surface area contributed by atoms with Crippen LogP contribution in [0.15, 0.2) is 63.5 Å². The summed E-state index contributed by atoms with van der Waals surface area (Å²) >= 11 is 3.00. The number of hydrogen-bond donors (Lipinski definition) is 1. The van der Waals surface area contributed by atoms with Crippen molar-refractivity contribution in [2.45, 2.75) is 10.9 Å². The number of carbonyl (C=O) groups is 1. The van der Waals surface area contributed by atoms with Gasteiger partial charge in [0.05, 0.1) is 23.6 Å². The number of nitrogens with one attached hydrogen (secondary N) is 1. The van der Waals surface area contributed by atoms with Gasteiger partial charge in [0.2, 0.25) is 10.0 Å². The molecule has 0 amide bonds. The number of carbonyl (C=O) groups excluding carboxylic acids is 1. The number of rotatable bonds is 6. The standard InChI is InChI=1S/C17H15NO4S3/c1-22-17(19)12-4-6-14(7-5-12)25(20,21)18-16(13-8-10-23-11-13)15-3-2-9-24-15/h2-11,16,18H,1H3/t16-/m0/s1. The quantitative estimate of drug-likeness (QED) is 0.649. The molecule has 1 atom stereocenters. The fourth-order valence-electron chi connectivity index (χ4n) is 2.30. The van der Waals surface area contributed by atoms with Crippen molar-refractivity contribution in [1.29, 1.82) is 0 Å². The maximum atomic E-state index is 12.8. The van der Waals surface area contributed by atoms with Crippen molar-refractivity contribution >= 4 is 38.7 Å². The van der Waals surface area contributed by atoms with E-state index in [9.17, 15) is 13.2 Å². The van der Waals surface area contributed by atoms with Gasteiger partial charge in [-0.1, -0.05) is 6.07 Å². The summed E-state index contributed by atoms with van der Waals surface area (Å²) < 4.78 is 32.9. The summed E-state index contributed by atoms with van der Waals surface area (Å²) in [7, 11) is -2.47. The number of esters is 1. The Bertz CT molecular complexity index is 896. The monoisotopic (exact) mass is 393 g/mol. The lowest BCUT2D eigenvalue weighted by molar-refractivity contribution is 0.0600. The number of thiophene rings is 2. The molecule has 1 N–H and O–H groups in total. The molecule has 3 aromatic rings. The molecule has 0 aliphatic rings. The highest BCUT2D eigenvalue weighted by Gasteiger charge is 2.24. The third kappa shape index (κ3) is 3.98. The number of benzene rings is 1. The zero-order chi connectivity index (χ0) is 17.9. The van der Waals surface area contributed by atoms with Crippen molar-refractivity contribution in [3.8, 4) is 0 Å². The van der Waals surface area contributed by atoms with Gasteiger partial charge in [-0.15, -0.1) is 11.3 Å². The molecule has 130 valence electrons. The van der Waals surface area contributed by atoms with Gasteiger partial charge in [-0.2, -0.15) is 16.1 Å². The molecule has 0 spiro atoms. The predicted octanol–water partition coefficient (Wildman–Crippen LogP) is 3.66. The smallest absolute Gasteiger partial charge is 0.337 e. The van der Waals surface area contributed by atoms with Crippen LogP contribution in [0.25, 0.3) is 0 Å². The molecule has 5 nitrogen and oxygen atoms in total. The van der Waals surface area contributed by atoms with E-state index in [1.807, 2.05) is 34.3 Å². The first-order chi connectivity index (χ1) is 12.0. The number of methoxy groups -OCH3 is 1. The van der Waals surface area contributed by atoms with Crippen molar-refractivity contribution in [2.75, 3.05) is 7.11 Å². The van der Waals surface area contributed by atoms with Crippen LogP contribution in [0.3, 0.4) is 0 Å². The molecule has 0 saturated heterocycles. The highest BCUT2D eigenvalue weighted by molar-refractivity contribution is 7.89. The average molecular weight is 394 g/mol. The van der Waals surface area contributed by atoms with Crippen molar-refractivity contribution in [3.05, 3.63) is 74.6 Å². The zero-order valence-electron chi connectivity index (χ0n) is 13.2. The van der Waals surface area contributed by atoms with Crippen LogP contribution in [0.4, 0.5) is 0 Å². The SMILES string of the molecule is COC(=O)c1ccc(S(=O)(=O)N[C@@H](c2ccsc2)c2cccs2)cc1. The first-order valence-electron chi connectivity index (χ1n) is 7.27. The van der Waals surface area contributed by atoms with E-state index in [0.29, 0.717) is 5.56 Å². The Kier molecular flexibility index (Phi) is 5.33. The number of hydrogen-bond acceptors (Lipinski definition) is 6. The van der Waals surface area contributed by atoms with Gasteiger partial charge in [-0.25, -0.2) is 13.2 Å². The van der Waals surface area contributed by atoms with E-state index >= 15 is 0 Å².